The van der Waals surface area contributed by atoms with E-state index >= 15 is 0 Å². The second-order valence-corrected chi connectivity index (χ2v) is 8.79. The first-order valence-electron chi connectivity index (χ1n) is 10.7. The van der Waals surface area contributed by atoms with Gasteiger partial charge in [-0.3, -0.25) is 9.30 Å². The smallest absolute Gasteiger partial charge is 0.412 e. The number of benzene rings is 2. The lowest BCUT2D eigenvalue weighted by atomic mass is 10.0. The zero-order valence-electron chi connectivity index (χ0n) is 19.2. The molecule has 0 saturated carbocycles. The molecule has 2 aromatic carbocycles. The number of aromatic nitrogens is 2. The molecule has 0 fully saturated rings. The van der Waals surface area contributed by atoms with Crippen molar-refractivity contribution in [1.82, 2.24) is 9.38 Å². The first-order valence-corrected chi connectivity index (χ1v) is 10.7. The molecule has 0 saturated heterocycles. The van der Waals surface area contributed by atoms with Crippen LogP contribution in [-0.4, -0.2) is 33.2 Å². The van der Waals surface area contributed by atoms with Crippen molar-refractivity contribution in [3.8, 4) is 17.0 Å². The third kappa shape index (κ3) is 4.62. The first kappa shape index (κ1) is 22.2. The monoisotopic (exact) mass is 444 g/mol. The predicted octanol–water partition coefficient (Wildman–Crippen LogP) is 5.90. The van der Waals surface area contributed by atoms with E-state index < -0.39 is 11.6 Å². The standard InChI is InChI=1S/C26H28N4O3/c1-26(2,3)30(25(31)32)20-12-10-19(11-13-20)23-7-5-6-21-17-28-24(29(21)23)27-16-18-8-14-22(33-4)15-9-18/h5-15,17H,16H2,1-4H3,(H,27,28)(H,31,32). The van der Waals surface area contributed by atoms with Gasteiger partial charge in [0.2, 0.25) is 5.95 Å². The summed E-state index contributed by atoms with van der Waals surface area (Å²) < 4.78 is 7.29. The fourth-order valence-electron chi connectivity index (χ4n) is 3.89. The average molecular weight is 445 g/mol. The maximum Gasteiger partial charge on any atom is 0.412 e. The van der Waals surface area contributed by atoms with E-state index in [1.165, 1.54) is 4.90 Å². The Labute approximate surface area is 193 Å². The number of hydrogen-bond acceptors (Lipinski definition) is 4. The highest BCUT2D eigenvalue weighted by Crippen LogP contribution is 2.29. The van der Waals surface area contributed by atoms with Crippen molar-refractivity contribution in [2.45, 2.75) is 32.9 Å². The highest BCUT2D eigenvalue weighted by molar-refractivity contribution is 5.88. The molecular weight excluding hydrogens is 416 g/mol. The molecule has 0 aliphatic carbocycles. The van der Waals surface area contributed by atoms with Gasteiger partial charge in [-0.1, -0.05) is 30.3 Å². The fourth-order valence-corrected chi connectivity index (χ4v) is 3.89. The number of hydrogen-bond donors (Lipinski definition) is 2. The summed E-state index contributed by atoms with van der Waals surface area (Å²) in [5.74, 6) is 1.56. The van der Waals surface area contributed by atoms with E-state index in [1.807, 2.05) is 93.7 Å². The molecule has 2 N–H and O–H groups in total. The second-order valence-electron chi connectivity index (χ2n) is 8.79. The van der Waals surface area contributed by atoms with Crippen molar-refractivity contribution < 1.29 is 14.6 Å². The van der Waals surface area contributed by atoms with Crippen molar-refractivity contribution in [3.05, 3.63) is 78.5 Å². The van der Waals surface area contributed by atoms with Gasteiger partial charge in [-0.05, 0) is 68.3 Å². The number of anilines is 2. The lowest BCUT2D eigenvalue weighted by Gasteiger charge is -2.33. The number of ether oxygens (including phenoxy) is 1. The lowest BCUT2D eigenvalue weighted by molar-refractivity contribution is 0.195. The molecule has 2 heterocycles. The Hall–Kier alpha value is -4.00. The van der Waals surface area contributed by atoms with Gasteiger partial charge >= 0.3 is 6.09 Å². The molecule has 0 bridgehead atoms. The minimum Gasteiger partial charge on any atom is -0.497 e. The highest BCUT2D eigenvalue weighted by atomic mass is 16.5. The number of nitrogens with one attached hydrogen (secondary N) is 1. The fraction of sp³-hybridized carbons (Fsp3) is 0.231. The van der Waals surface area contributed by atoms with Crippen LogP contribution in [0.15, 0.2) is 72.9 Å². The molecule has 2 aromatic heterocycles. The summed E-state index contributed by atoms with van der Waals surface area (Å²) in [6.07, 6.45) is 0.858. The maximum absolute atomic E-state index is 11.8. The molecule has 170 valence electrons. The van der Waals surface area contributed by atoms with Gasteiger partial charge in [-0.2, -0.15) is 0 Å². The van der Waals surface area contributed by atoms with Gasteiger partial charge in [0, 0.05) is 17.8 Å². The number of carboxylic acid groups (broad SMARTS) is 1. The van der Waals surface area contributed by atoms with Crippen LogP contribution in [0.1, 0.15) is 26.3 Å². The molecular formula is C26H28N4O3. The van der Waals surface area contributed by atoms with Crippen LogP contribution in [-0.2, 0) is 6.54 Å². The van der Waals surface area contributed by atoms with Crippen molar-refractivity contribution in [2.24, 2.45) is 0 Å². The highest BCUT2D eigenvalue weighted by Gasteiger charge is 2.27. The van der Waals surface area contributed by atoms with Gasteiger partial charge < -0.3 is 15.2 Å². The number of carbonyl (C=O) groups is 1. The summed E-state index contributed by atoms with van der Waals surface area (Å²) in [7, 11) is 1.65. The summed E-state index contributed by atoms with van der Waals surface area (Å²) in [4.78, 5) is 17.8. The molecule has 7 heteroatoms. The zero-order chi connectivity index (χ0) is 23.6. The molecule has 0 atom stereocenters. The SMILES string of the molecule is COc1ccc(CNc2ncc3cccc(-c4ccc(N(C(=O)O)C(C)(C)C)cc4)n23)cc1. The molecule has 4 aromatic rings. The molecule has 0 aliphatic heterocycles. The Morgan fingerprint density at radius 3 is 2.36 bits per heavy atom. The van der Waals surface area contributed by atoms with Crippen molar-refractivity contribution in [2.75, 3.05) is 17.3 Å². The maximum atomic E-state index is 11.8. The number of pyridine rings is 1. The number of nitrogens with zero attached hydrogens (tertiary/aromatic N) is 3. The van der Waals surface area contributed by atoms with Gasteiger partial charge in [0.15, 0.2) is 0 Å². The molecule has 0 radical (unpaired) electrons. The van der Waals surface area contributed by atoms with Crippen LogP contribution in [0.5, 0.6) is 5.75 Å². The van der Waals surface area contributed by atoms with Gasteiger partial charge in [0.05, 0.1) is 24.5 Å². The van der Waals surface area contributed by atoms with Gasteiger partial charge in [0.25, 0.3) is 0 Å². The summed E-state index contributed by atoms with van der Waals surface area (Å²) in [5, 5.41) is 13.1. The van der Waals surface area contributed by atoms with E-state index in [0.29, 0.717) is 12.2 Å². The Bertz CT molecular complexity index is 1260. The van der Waals surface area contributed by atoms with Crippen molar-refractivity contribution >= 4 is 23.2 Å². The third-order valence-corrected chi connectivity index (χ3v) is 5.44. The predicted molar refractivity (Wildman–Crippen MR) is 131 cm³/mol. The van der Waals surface area contributed by atoms with E-state index in [4.69, 9.17) is 4.74 Å². The molecule has 0 spiro atoms. The number of fused-ring (bicyclic) bond motifs is 1. The summed E-state index contributed by atoms with van der Waals surface area (Å²) in [6, 6.07) is 21.5. The van der Waals surface area contributed by atoms with Gasteiger partial charge in [0.1, 0.15) is 5.75 Å². The van der Waals surface area contributed by atoms with Crippen LogP contribution >= 0.6 is 0 Å². The van der Waals surface area contributed by atoms with Crippen LogP contribution in [0.3, 0.4) is 0 Å². The quantitative estimate of drug-likeness (QED) is 0.387. The lowest BCUT2D eigenvalue weighted by Crippen LogP contribution is -2.45. The topological polar surface area (TPSA) is 79.1 Å². The van der Waals surface area contributed by atoms with Crippen LogP contribution in [0.25, 0.3) is 16.8 Å². The van der Waals surface area contributed by atoms with Crippen molar-refractivity contribution in [1.29, 1.82) is 0 Å². The Morgan fingerprint density at radius 2 is 1.76 bits per heavy atom. The number of methoxy groups -OCH3 is 1. The molecule has 1 amide bonds. The Morgan fingerprint density at radius 1 is 1.06 bits per heavy atom. The molecule has 33 heavy (non-hydrogen) atoms. The Balaban J connectivity index is 1.64. The average Bonchev–Trinajstić information content (AvgIpc) is 3.21. The molecule has 4 rings (SSSR count). The second kappa shape index (κ2) is 8.86. The minimum atomic E-state index is -0.975. The summed E-state index contributed by atoms with van der Waals surface area (Å²) >= 11 is 0. The Kier molecular flexibility index (Phi) is 5.96. The zero-order valence-corrected chi connectivity index (χ0v) is 19.2. The van der Waals surface area contributed by atoms with E-state index in [1.54, 1.807) is 7.11 Å². The van der Waals surface area contributed by atoms with E-state index in [-0.39, 0.29) is 0 Å². The molecule has 7 nitrogen and oxygen atoms in total. The van der Waals surface area contributed by atoms with Crippen LogP contribution < -0.4 is 15.0 Å². The van der Waals surface area contributed by atoms with Crippen LogP contribution in [0, 0.1) is 0 Å². The third-order valence-electron chi connectivity index (χ3n) is 5.44. The summed E-state index contributed by atoms with van der Waals surface area (Å²) in [6.45, 7) is 6.25. The minimum absolute atomic E-state index is 0.545. The number of amides is 1. The normalized spacial score (nSPS) is 11.4. The number of imidazole rings is 1. The number of rotatable bonds is 6. The van der Waals surface area contributed by atoms with Crippen LogP contribution in [0.2, 0.25) is 0 Å². The molecule has 0 unspecified atom stereocenters. The van der Waals surface area contributed by atoms with E-state index in [2.05, 4.69) is 14.7 Å². The van der Waals surface area contributed by atoms with E-state index in [0.717, 1.165) is 34.0 Å². The van der Waals surface area contributed by atoms with E-state index in [9.17, 15) is 9.90 Å². The van der Waals surface area contributed by atoms with Gasteiger partial charge in [-0.15, -0.1) is 0 Å². The van der Waals surface area contributed by atoms with Crippen molar-refractivity contribution in [3.63, 3.8) is 0 Å². The summed E-state index contributed by atoms with van der Waals surface area (Å²) in [5.41, 5.74) is 4.10. The first-order chi connectivity index (χ1) is 15.8. The van der Waals surface area contributed by atoms with Crippen LogP contribution in [0.4, 0.5) is 16.4 Å². The molecule has 0 aliphatic rings. The largest absolute Gasteiger partial charge is 0.497 e. The van der Waals surface area contributed by atoms with Gasteiger partial charge in [-0.25, -0.2) is 9.78 Å².